The number of ether oxygens (including phenoxy) is 2. The summed E-state index contributed by atoms with van der Waals surface area (Å²) in [5, 5.41) is 9.70. The van der Waals surface area contributed by atoms with Crippen LogP contribution in [0.5, 0.6) is 0 Å². The highest BCUT2D eigenvalue weighted by atomic mass is 16.5. The van der Waals surface area contributed by atoms with Gasteiger partial charge in [0.2, 0.25) is 0 Å². The second-order valence-corrected chi connectivity index (χ2v) is 6.47. The summed E-state index contributed by atoms with van der Waals surface area (Å²) in [7, 11) is 1.38. The third-order valence-corrected chi connectivity index (χ3v) is 5.03. The molecule has 1 aliphatic heterocycles. The first-order valence-electron chi connectivity index (χ1n) is 7.66. The van der Waals surface area contributed by atoms with Gasteiger partial charge in [-0.15, -0.1) is 0 Å². The fraction of sp³-hybridized carbons (Fsp3) is 0.500. The molecule has 2 bridgehead atoms. The molecule has 1 saturated heterocycles. The molecule has 3 rings (SSSR count). The highest BCUT2D eigenvalue weighted by Gasteiger charge is 2.44. The van der Waals surface area contributed by atoms with Crippen LogP contribution in [-0.4, -0.2) is 31.4 Å². The normalized spacial score (nSPS) is 30.6. The van der Waals surface area contributed by atoms with Gasteiger partial charge in [-0.3, -0.25) is 0 Å². The van der Waals surface area contributed by atoms with Crippen molar-refractivity contribution >= 4 is 5.97 Å². The molecule has 1 N–H and O–H groups in total. The van der Waals surface area contributed by atoms with Crippen LogP contribution < -0.4 is 0 Å². The van der Waals surface area contributed by atoms with Crippen LogP contribution in [0.15, 0.2) is 35.9 Å². The second-order valence-electron chi connectivity index (χ2n) is 6.47. The van der Waals surface area contributed by atoms with Gasteiger partial charge in [0.05, 0.1) is 32.0 Å². The lowest BCUT2D eigenvalue weighted by atomic mass is 9.67. The predicted molar refractivity (Wildman–Crippen MR) is 82.5 cm³/mol. The maximum atomic E-state index is 11.5. The topological polar surface area (TPSA) is 55.8 Å². The summed E-state index contributed by atoms with van der Waals surface area (Å²) in [5.41, 5.74) is 2.82. The van der Waals surface area contributed by atoms with Crippen molar-refractivity contribution in [2.45, 2.75) is 25.9 Å². The summed E-state index contributed by atoms with van der Waals surface area (Å²) in [5.74, 6) is -0.0391. The van der Waals surface area contributed by atoms with Crippen LogP contribution in [0.4, 0.5) is 0 Å². The second kappa shape index (κ2) is 5.86. The molecule has 1 fully saturated rings. The van der Waals surface area contributed by atoms with Gasteiger partial charge in [-0.1, -0.05) is 23.8 Å². The Morgan fingerprint density at radius 3 is 2.77 bits per heavy atom. The molecule has 118 valence electrons. The van der Waals surface area contributed by atoms with Crippen molar-refractivity contribution in [1.29, 1.82) is 0 Å². The SMILES string of the molecule is COC(=O)c1ccc([C@H]2OC[C@]3(CO)CC=C(C)[C@H]2C3)cc1. The number of rotatable bonds is 3. The molecule has 0 amide bonds. The van der Waals surface area contributed by atoms with Gasteiger partial charge in [0.25, 0.3) is 0 Å². The molecule has 1 heterocycles. The first-order valence-corrected chi connectivity index (χ1v) is 7.66. The molecule has 1 aliphatic carbocycles. The summed E-state index contributed by atoms with van der Waals surface area (Å²) in [4.78, 5) is 11.5. The molecule has 2 aliphatic rings. The number of carbonyl (C=O) groups is 1. The van der Waals surface area contributed by atoms with Gasteiger partial charge in [0.15, 0.2) is 0 Å². The van der Waals surface area contributed by atoms with Crippen LogP contribution in [0.25, 0.3) is 0 Å². The number of fused-ring (bicyclic) bond motifs is 2. The minimum Gasteiger partial charge on any atom is -0.465 e. The van der Waals surface area contributed by atoms with Crippen LogP contribution in [0.2, 0.25) is 0 Å². The van der Waals surface area contributed by atoms with Crippen molar-refractivity contribution in [2.24, 2.45) is 11.3 Å². The highest BCUT2D eigenvalue weighted by Crippen LogP contribution is 2.49. The van der Waals surface area contributed by atoms with Gasteiger partial charge in [0, 0.05) is 11.3 Å². The maximum Gasteiger partial charge on any atom is 0.337 e. The van der Waals surface area contributed by atoms with E-state index in [1.54, 1.807) is 12.1 Å². The molecule has 22 heavy (non-hydrogen) atoms. The Balaban J connectivity index is 1.85. The molecule has 1 aromatic carbocycles. The molecule has 4 heteroatoms. The smallest absolute Gasteiger partial charge is 0.337 e. The zero-order valence-corrected chi connectivity index (χ0v) is 13.0. The molecule has 0 spiro atoms. The molecule has 3 atom stereocenters. The number of hydrogen-bond donors (Lipinski definition) is 1. The van der Waals surface area contributed by atoms with E-state index in [9.17, 15) is 9.90 Å². The molecular weight excluding hydrogens is 280 g/mol. The van der Waals surface area contributed by atoms with Gasteiger partial charge in [-0.05, 0) is 37.5 Å². The van der Waals surface area contributed by atoms with Crippen LogP contribution in [-0.2, 0) is 9.47 Å². The van der Waals surface area contributed by atoms with E-state index in [4.69, 9.17) is 9.47 Å². The number of benzene rings is 1. The molecule has 0 saturated carbocycles. The molecule has 4 nitrogen and oxygen atoms in total. The number of aliphatic hydroxyl groups excluding tert-OH is 1. The summed E-state index contributed by atoms with van der Waals surface area (Å²) in [6.45, 7) is 2.88. The van der Waals surface area contributed by atoms with Crippen molar-refractivity contribution in [3.63, 3.8) is 0 Å². The number of hydrogen-bond acceptors (Lipinski definition) is 4. The molecule has 1 aromatic rings. The van der Waals surface area contributed by atoms with E-state index in [0.29, 0.717) is 18.1 Å². The number of aliphatic hydroxyl groups is 1. The van der Waals surface area contributed by atoms with E-state index >= 15 is 0 Å². The van der Waals surface area contributed by atoms with Crippen molar-refractivity contribution < 1.29 is 19.4 Å². The van der Waals surface area contributed by atoms with Crippen LogP contribution in [0.3, 0.4) is 0 Å². The average Bonchev–Trinajstić information content (AvgIpc) is 2.58. The number of carbonyl (C=O) groups excluding carboxylic acids is 1. The van der Waals surface area contributed by atoms with Gasteiger partial charge in [-0.25, -0.2) is 4.79 Å². The van der Waals surface area contributed by atoms with E-state index in [0.717, 1.165) is 18.4 Å². The lowest BCUT2D eigenvalue weighted by Gasteiger charge is -2.47. The van der Waals surface area contributed by atoms with Gasteiger partial charge in [-0.2, -0.15) is 0 Å². The van der Waals surface area contributed by atoms with Crippen molar-refractivity contribution in [3.05, 3.63) is 47.0 Å². The Kier molecular flexibility index (Phi) is 4.06. The summed E-state index contributed by atoms with van der Waals surface area (Å²) < 4.78 is 10.8. The zero-order chi connectivity index (χ0) is 15.7. The number of esters is 1. The Labute approximate surface area is 130 Å². The van der Waals surface area contributed by atoms with Gasteiger partial charge in [0.1, 0.15) is 0 Å². The lowest BCUT2D eigenvalue weighted by Crippen LogP contribution is -2.43. The van der Waals surface area contributed by atoms with Crippen LogP contribution in [0, 0.1) is 11.3 Å². The van der Waals surface area contributed by atoms with E-state index in [2.05, 4.69) is 13.0 Å². The fourth-order valence-corrected chi connectivity index (χ4v) is 3.52. The van der Waals surface area contributed by atoms with Crippen LogP contribution in [0.1, 0.15) is 41.8 Å². The van der Waals surface area contributed by atoms with E-state index in [1.165, 1.54) is 12.7 Å². The van der Waals surface area contributed by atoms with Crippen molar-refractivity contribution in [1.82, 2.24) is 0 Å². The zero-order valence-electron chi connectivity index (χ0n) is 13.0. The van der Waals surface area contributed by atoms with Gasteiger partial charge < -0.3 is 14.6 Å². The van der Waals surface area contributed by atoms with E-state index in [1.807, 2.05) is 12.1 Å². The standard InChI is InChI=1S/C18H22O4/c1-12-7-8-18(10-19)9-15(12)16(22-11-18)13-3-5-14(6-4-13)17(20)21-2/h3-7,15-16,19H,8-11H2,1-2H3/t15-,16-,18-/m1/s1. The van der Waals surface area contributed by atoms with E-state index < -0.39 is 0 Å². The highest BCUT2D eigenvalue weighted by molar-refractivity contribution is 5.89. The maximum absolute atomic E-state index is 11.5. The number of allylic oxidation sites excluding steroid dienone is 1. The quantitative estimate of drug-likeness (QED) is 0.689. The van der Waals surface area contributed by atoms with Gasteiger partial charge >= 0.3 is 5.97 Å². The Hall–Kier alpha value is -1.65. The molecule has 0 unspecified atom stereocenters. The minimum atomic E-state index is -0.329. The first kappa shape index (κ1) is 15.3. The summed E-state index contributed by atoms with van der Waals surface area (Å²) in [6.07, 6.45) is 4.07. The largest absolute Gasteiger partial charge is 0.465 e. The fourth-order valence-electron chi connectivity index (χ4n) is 3.52. The predicted octanol–water partition coefficient (Wildman–Crippen LogP) is 2.88. The van der Waals surface area contributed by atoms with E-state index in [-0.39, 0.29) is 24.1 Å². The Bertz CT molecular complexity index is 590. The molecular formula is C18H22O4. The summed E-state index contributed by atoms with van der Waals surface area (Å²) >= 11 is 0. The Morgan fingerprint density at radius 1 is 1.41 bits per heavy atom. The van der Waals surface area contributed by atoms with Crippen molar-refractivity contribution in [2.75, 3.05) is 20.3 Å². The average molecular weight is 302 g/mol. The molecule has 0 radical (unpaired) electrons. The van der Waals surface area contributed by atoms with Crippen molar-refractivity contribution in [3.8, 4) is 0 Å². The molecule has 0 aromatic heterocycles. The summed E-state index contributed by atoms with van der Waals surface area (Å²) in [6, 6.07) is 7.43. The monoisotopic (exact) mass is 302 g/mol. The third kappa shape index (κ3) is 2.57. The first-order chi connectivity index (χ1) is 10.6. The minimum absolute atomic E-state index is 0.0112. The van der Waals surface area contributed by atoms with Crippen LogP contribution >= 0.6 is 0 Å². The lowest BCUT2D eigenvalue weighted by molar-refractivity contribution is -0.113. The Morgan fingerprint density at radius 2 is 2.14 bits per heavy atom. The third-order valence-electron chi connectivity index (χ3n) is 5.03. The number of methoxy groups -OCH3 is 1.